The standard InChI is InChI=1S/C60H67BN2O2/c1-57(2,3)43-30-44(58(4,5)6)33-47(32-43)62-51-26-40-22-16-20-38(40)24-49(51)61-50-25-39-21-17-23-41(39)27-52(50)63(48-34-45(59(7,8)9)31-46(35-48)60(10,11)12)54-29-42(28-53(62)55(54)61)56(64)65-36-37-18-14-13-15-19-37/h13-15,18-19,24-35H,16-17,20-23,36H2,1-12H3. The minimum atomic E-state index is -0.318. The topological polar surface area (TPSA) is 32.8 Å². The van der Waals surface area contributed by atoms with E-state index in [2.05, 4.69) is 166 Å². The van der Waals surface area contributed by atoms with Gasteiger partial charge in [-0.2, -0.15) is 0 Å². The van der Waals surface area contributed by atoms with Crippen LogP contribution in [0.1, 0.15) is 156 Å². The van der Waals surface area contributed by atoms with Crippen molar-refractivity contribution < 1.29 is 9.53 Å². The molecule has 0 radical (unpaired) electrons. The Morgan fingerprint density at radius 3 is 1.26 bits per heavy atom. The molecule has 4 nitrogen and oxygen atoms in total. The van der Waals surface area contributed by atoms with E-state index >= 15 is 0 Å². The fourth-order valence-electron chi connectivity index (χ4n) is 10.8. The number of aryl methyl sites for hydroxylation is 4. The number of carbonyl (C=O) groups excluding carboxylic acids is 1. The zero-order valence-corrected chi connectivity index (χ0v) is 41.1. The fourth-order valence-corrected chi connectivity index (χ4v) is 10.8. The summed E-state index contributed by atoms with van der Waals surface area (Å²) in [5.41, 5.74) is 23.0. The minimum absolute atomic E-state index is 0.0236. The molecule has 2 aliphatic heterocycles. The molecule has 2 heterocycles. The van der Waals surface area contributed by atoms with Gasteiger partial charge in [0, 0.05) is 34.1 Å². The molecule has 6 aromatic carbocycles. The van der Waals surface area contributed by atoms with E-state index in [0.29, 0.717) is 5.56 Å². The van der Waals surface area contributed by atoms with Crippen molar-refractivity contribution in [2.45, 2.75) is 150 Å². The number of ether oxygens (including phenoxy) is 1. The van der Waals surface area contributed by atoms with Crippen molar-refractivity contribution in [2.75, 3.05) is 9.80 Å². The average molecular weight is 859 g/mol. The number of anilines is 6. The van der Waals surface area contributed by atoms with Gasteiger partial charge in [0.2, 0.25) is 0 Å². The van der Waals surface area contributed by atoms with E-state index in [1.165, 1.54) is 85.1 Å². The zero-order chi connectivity index (χ0) is 46.0. The molecule has 0 fully saturated rings. The largest absolute Gasteiger partial charge is 0.457 e. The first-order chi connectivity index (χ1) is 30.6. The molecule has 5 heteroatoms. The first kappa shape index (κ1) is 43.4. The van der Waals surface area contributed by atoms with E-state index < -0.39 is 0 Å². The van der Waals surface area contributed by atoms with E-state index in [1.54, 1.807) is 0 Å². The third-order valence-corrected chi connectivity index (χ3v) is 14.8. The molecule has 10 rings (SSSR count). The van der Waals surface area contributed by atoms with Gasteiger partial charge in [-0.15, -0.1) is 0 Å². The molecule has 0 aromatic heterocycles. The lowest BCUT2D eigenvalue weighted by Crippen LogP contribution is -2.61. The number of rotatable bonds is 5. The number of fused-ring (bicyclic) bond motifs is 6. The van der Waals surface area contributed by atoms with Crippen molar-refractivity contribution >= 4 is 63.2 Å². The maximum absolute atomic E-state index is 14.8. The zero-order valence-electron chi connectivity index (χ0n) is 41.1. The first-order valence-corrected chi connectivity index (χ1v) is 24.3. The number of nitrogens with zero attached hydrogens (tertiary/aromatic N) is 2. The summed E-state index contributed by atoms with van der Waals surface area (Å²) in [6.07, 6.45) is 6.71. The van der Waals surface area contributed by atoms with Crippen molar-refractivity contribution in [3.63, 3.8) is 0 Å². The Morgan fingerprint density at radius 2 is 0.877 bits per heavy atom. The molecule has 0 saturated heterocycles. The van der Waals surface area contributed by atoms with Gasteiger partial charge in [0.15, 0.2) is 0 Å². The number of carbonyl (C=O) groups is 1. The van der Waals surface area contributed by atoms with Crippen LogP contribution in [-0.4, -0.2) is 12.7 Å². The quantitative estimate of drug-likeness (QED) is 0.128. The Hall–Kier alpha value is -5.55. The lowest BCUT2D eigenvalue weighted by molar-refractivity contribution is 0.0473. The van der Waals surface area contributed by atoms with Gasteiger partial charge in [0.05, 0.1) is 5.56 Å². The van der Waals surface area contributed by atoms with Gasteiger partial charge in [-0.25, -0.2) is 4.79 Å². The van der Waals surface area contributed by atoms with Gasteiger partial charge < -0.3 is 14.5 Å². The van der Waals surface area contributed by atoms with Gasteiger partial charge in [0.1, 0.15) is 6.61 Å². The van der Waals surface area contributed by atoms with Crippen molar-refractivity contribution in [1.29, 1.82) is 0 Å². The summed E-state index contributed by atoms with van der Waals surface area (Å²) >= 11 is 0. The molecule has 6 aromatic rings. The average Bonchev–Trinajstić information content (AvgIpc) is 3.92. The lowest BCUT2D eigenvalue weighted by Gasteiger charge is -2.45. The number of hydrogen-bond acceptors (Lipinski definition) is 4. The molecule has 0 amide bonds. The molecule has 0 atom stereocenters. The van der Waals surface area contributed by atoms with Crippen LogP contribution in [0.5, 0.6) is 0 Å². The Labute approximate surface area is 389 Å². The summed E-state index contributed by atoms with van der Waals surface area (Å²) in [5, 5.41) is 0. The van der Waals surface area contributed by atoms with E-state index in [9.17, 15) is 4.79 Å². The van der Waals surface area contributed by atoms with Crippen LogP contribution in [0.3, 0.4) is 0 Å². The van der Waals surface area contributed by atoms with E-state index in [1.807, 2.05) is 30.3 Å². The van der Waals surface area contributed by atoms with Crippen LogP contribution in [0.4, 0.5) is 34.1 Å². The highest BCUT2D eigenvalue weighted by atomic mass is 16.5. The second-order valence-electron chi connectivity index (χ2n) is 23.7. The molecule has 65 heavy (non-hydrogen) atoms. The lowest BCUT2D eigenvalue weighted by atomic mass is 9.33. The van der Waals surface area contributed by atoms with E-state index in [-0.39, 0.29) is 40.9 Å². The summed E-state index contributed by atoms with van der Waals surface area (Å²) in [5.74, 6) is -0.318. The third-order valence-electron chi connectivity index (χ3n) is 14.8. The maximum Gasteiger partial charge on any atom is 0.338 e. The van der Waals surface area contributed by atoms with Crippen LogP contribution in [0.15, 0.2) is 103 Å². The number of esters is 1. The summed E-state index contributed by atoms with van der Waals surface area (Å²) in [7, 11) is 0. The second-order valence-corrected chi connectivity index (χ2v) is 23.7. The van der Waals surface area contributed by atoms with Crippen molar-refractivity contribution in [2.24, 2.45) is 0 Å². The van der Waals surface area contributed by atoms with Gasteiger partial charge in [0.25, 0.3) is 6.71 Å². The monoisotopic (exact) mass is 859 g/mol. The maximum atomic E-state index is 14.8. The fraction of sp³-hybridized carbons (Fsp3) is 0.383. The highest BCUT2D eigenvalue weighted by Crippen LogP contribution is 2.49. The minimum Gasteiger partial charge on any atom is -0.457 e. The second kappa shape index (κ2) is 15.3. The van der Waals surface area contributed by atoms with Crippen LogP contribution in [0.2, 0.25) is 0 Å². The van der Waals surface area contributed by atoms with E-state index in [0.717, 1.165) is 54.0 Å². The molecule has 2 aliphatic carbocycles. The molecule has 332 valence electrons. The van der Waals surface area contributed by atoms with Gasteiger partial charge in [-0.05, 0) is 175 Å². The summed E-state index contributed by atoms with van der Waals surface area (Å²) in [4.78, 5) is 19.9. The van der Waals surface area contributed by atoms with Crippen LogP contribution in [0.25, 0.3) is 0 Å². The first-order valence-electron chi connectivity index (χ1n) is 24.3. The van der Waals surface area contributed by atoms with Crippen LogP contribution in [0, 0.1) is 0 Å². The SMILES string of the molecule is CC(C)(C)c1cc(N2c3cc4c(cc3B3c5cc6c(cc5N(c5cc(C(C)(C)C)cc(C(C)(C)C)c5)c5cc(C(=O)OCc7ccccc7)cc2c53)CCC6)CCC4)cc(C(C)(C)C)c1. The highest BCUT2D eigenvalue weighted by Gasteiger charge is 2.46. The van der Waals surface area contributed by atoms with Gasteiger partial charge >= 0.3 is 5.97 Å². The molecule has 0 spiro atoms. The van der Waals surface area contributed by atoms with Crippen LogP contribution in [-0.2, 0) is 58.7 Å². The van der Waals surface area contributed by atoms with E-state index in [4.69, 9.17) is 4.74 Å². The Kier molecular flexibility index (Phi) is 10.2. The number of hydrogen-bond donors (Lipinski definition) is 0. The van der Waals surface area contributed by atoms with Crippen molar-refractivity contribution in [1.82, 2.24) is 0 Å². The summed E-state index contributed by atoms with van der Waals surface area (Å²) in [6.45, 7) is 28.0. The predicted molar refractivity (Wildman–Crippen MR) is 275 cm³/mol. The Bertz CT molecular complexity index is 2670. The molecule has 0 bridgehead atoms. The smallest absolute Gasteiger partial charge is 0.338 e. The third kappa shape index (κ3) is 7.71. The molecule has 0 unspecified atom stereocenters. The Balaban J connectivity index is 1.32. The normalized spacial score (nSPS) is 15.4. The Morgan fingerprint density at radius 1 is 0.492 bits per heavy atom. The molecule has 0 saturated carbocycles. The summed E-state index contributed by atoms with van der Waals surface area (Å²) < 4.78 is 6.27. The predicted octanol–water partition coefficient (Wildman–Crippen LogP) is 13.3. The van der Waals surface area contributed by atoms with Gasteiger partial charge in [-0.3, -0.25) is 0 Å². The van der Waals surface area contributed by atoms with Crippen molar-refractivity contribution in [3.05, 3.63) is 159 Å². The molecular formula is C60H67BN2O2. The highest BCUT2D eigenvalue weighted by molar-refractivity contribution is 7.00. The summed E-state index contributed by atoms with van der Waals surface area (Å²) in [6, 6.07) is 39.1. The molecule has 4 aliphatic rings. The number of benzene rings is 6. The molecule has 0 N–H and O–H groups in total. The van der Waals surface area contributed by atoms with Crippen molar-refractivity contribution in [3.8, 4) is 0 Å². The molecular weight excluding hydrogens is 791 g/mol. The van der Waals surface area contributed by atoms with Crippen LogP contribution < -0.4 is 26.2 Å². The van der Waals surface area contributed by atoms with Crippen LogP contribution >= 0.6 is 0 Å². The van der Waals surface area contributed by atoms with Gasteiger partial charge in [-0.1, -0.05) is 138 Å².